The summed E-state index contributed by atoms with van der Waals surface area (Å²) < 4.78 is 5.01. The number of aliphatic carboxylic acids is 1. The molecule has 6 heteroatoms. The van der Waals surface area contributed by atoms with Gasteiger partial charge in [0.2, 0.25) is 0 Å². The molecule has 122 valence electrons. The number of carboxylic acids is 1. The Morgan fingerprint density at radius 2 is 1.95 bits per heavy atom. The van der Waals surface area contributed by atoms with Crippen LogP contribution < -0.4 is 5.32 Å². The van der Waals surface area contributed by atoms with Gasteiger partial charge in [-0.05, 0) is 45.4 Å². The molecule has 0 heterocycles. The fourth-order valence-electron chi connectivity index (χ4n) is 2.71. The van der Waals surface area contributed by atoms with Gasteiger partial charge in [-0.15, -0.1) is 0 Å². The van der Waals surface area contributed by atoms with Crippen molar-refractivity contribution in [1.82, 2.24) is 10.2 Å². The Labute approximate surface area is 126 Å². The highest BCUT2D eigenvalue weighted by Crippen LogP contribution is 2.32. The van der Waals surface area contributed by atoms with Crippen molar-refractivity contribution in [2.45, 2.75) is 58.0 Å². The zero-order valence-electron chi connectivity index (χ0n) is 13.5. The van der Waals surface area contributed by atoms with Crippen molar-refractivity contribution < 1.29 is 19.4 Å². The molecule has 0 aromatic rings. The monoisotopic (exact) mass is 300 g/mol. The van der Waals surface area contributed by atoms with Gasteiger partial charge in [0.15, 0.2) is 0 Å². The van der Waals surface area contributed by atoms with Crippen LogP contribution in [0.2, 0.25) is 0 Å². The van der Waals surface area contributed by atoms with E-state index in [4.69, 9.17) is 4.74 Å². The number of nitrogens with one attached hydrogen (secondary N) is 1. The molecule has 0 radical (unpaired) electrons. The number of carbonyl (C=O) groups excluding carboxylic acids is 1. The third-order valence-electron chi connectivity index (χ3n) is 4.30. The molecule has 1 aliphatic rings. The second-order valence-corrected chi connectivity index (χ2v) is 6.28. The highest BCUT2D eigenvalue weighted by Gasteiger charge is 2.43. The van der Waals surface area contributed by atoms with Crippen molar-refractivity contribution in [3.63, 3.8) is 0 Å². The minimum Gasteiger partial charge on any atom is -0.480 e. The molecular weight excluding hydrogens is 272 g/mol. The lowest BCUT2D eigenvalue weighted by Crippen LogP contribution is -2.60. The van der Waals surface area contributed by atoms with E-state index in [0.29, 0.717) is 31.9 Å². The fraction of sp³-hybridized carbons (Fsp3) is 0.867. The van der Waals surface area contributed by atoms with Crippen molar-refractivity contribution in [3.05, 3.63) is 0 Å². The van der Waals surface area contributed by atoms with Crippen molar-refractivity contribution in [2.75, 3.05) is 20.3 Å². The summed E-state index contributed by atoms with van der Waals surface area (Å²) in [6.45, 7) is 6.82. The summed E-state index contributed by atoms with van der Waals surface area (Å²) in [5.41, 5.74) is -1.12. The van der Waals surface area contributed by atoms with Crippen LogP contribution in [0.1, 0.15) is 46.5 Å². The number of nitrogens with zero attached hydrogens (tertiary/aromatic N) is 1. The number of amides is 2. The predicted molar refractivity (Wildman–Crippen MR) is 80.2 cm³/mol. The van der Waals surface area contributed by atoms with Crippen molar-refractivity contribution in [1.29, 1.82) is 0 Å². The Bertz CT molecular complexity index is 363. The minimum atomic E-state index is -1.12. The van der Waals surface area contributed by atoms with Crippen LogP contribution in [0.25, 0.3) is 0 Å². The van der Waals surface area contributed by atoms with Crippen LogP contribution in [0.3, 0.4) is 0 Å². The lowest BCUT2D eigenvalue weighted by atomic mass is 9.77. The SMILES string of the molecule is COCCN(C(=O)NC1(C(=O)O)CCC(C)CC1)C(C)C. The van der Waals surface area contributed by atoms with Crippen LogP contribution >= 0.6 is 0 Å². The Morgan fingerprint density at radius 3 is 2.38 bits per heavy atom. The van der Waals surface area contributed by atoms with E-state index in [9.17, 15) is 14.7 Å². The van der Waals surface area contributed by atoms with Gasteiger partial charge in [0, 0.05) is 19.7 Å². The standard InChI is InChI=1S/C15H28N2O4/c1-11(2)17(9-10-21-4)14(20)16-15(13(18)19)7-5-12(3)6-8-15/h11-12H,5-10H2,1-4H3,(H,16,20)(H,18,19). The van der Waals surface area contributed by atoms with E-state index in [-0.39, 0.29) is 12.1 Å². The number of ether oxygens (including phenoxy) is 1. The molecule has 1 saturated carbocycles. The van der Waals surface area contributed by atoms with Crippen LogP contribution in [0.15, 0.2) is 0 Å². The van der Waals surface area contributed by atoms with Gasteiger partial charge < -0.3 is 20.1 Å². The van der Waals surface area contributed by atoms with Gasteiger partial charge >= 0.3 is 12.0 Å². The van der Waals surface area contributed by atoms with Gasteiger partial charge in [-0.2, -0.15) is 0 Å². The Balaban J connectivity index is 2.77. The Hall–Kier alpha value is -1.30. The van der Waals surface area contributed by atoms with E-state index in [1.807, 2.05) is 13.8 Å². The van der Waals surface area contributed by atoms with Gasteiger partial charge in [-0.25, -0.2) is 9.59 Å². The van der Waals surface area contributed by atoms with E-state index in [0.717, 1.165) is 12.8 Å². The second kappa shape index (κ2) is 7.64. The molecule has 0 aromatic heterocycles. The first-order valence-corrected chi connectivity index (χ1v) is 7.63. The predicted octanol–water partition coefficient (Wildman–Crippen LogP) is 2.09. The summed E-state index contributed by atoms with van der Waals surface area (Å²) in [5.74, 6) is -0.415. The summed E-state index contributed by atoms with van der Waals surface area (Å²) in [7, 11) is 1.58. The van der Waals surface area contributed by atoms with Crippen LogP contribution in [0, 0.1) is 5.92 Å². The van der Waals surface area contributed by atoms with Crippen molar-refractivity contribution in [3.8, 4) is 0 Å². The number of rotatable bonds is 6. The molecule has 0 bridgehead atoms. The summed E-state index contributed by atoms with van der Waals surface area (Å²) in [6, 6.07) is -0.326. The first kappa shape index (κ1) is 17.8. The summed E-state index contributed by atoms with van der Waals surface area (Å²) in [6.07, 6.45) is 2.63. The molecule has 0 aromatic carbocycles. The highest BCUT2D eigenvalue weighted by molar-refractivity contribution is 5.86. The molecule has 0 spiro atoms. The Kier molecular flexibility index (Phi) is 6.45. The quantitative estimate of drug-likeness (QED) is 0.787. The number of urea groups is 1. The van der Waals surface area contributed by atoms with E-state index in [1.165, 1.54) is 0 Å². The van der Waals surface area contributed by atoms with E-state index in [1.54, 1.807) is 12.0 Å². The number of carbonyl (C=O) groups is 2. The molecule has 6 nitrogen and oxygen atoms in total. The average Bonchev–Trinajstić information content (AvgIpc) is 2.41. The summed E-state index contributed by atoms with van der Waals surface area (Å²) in [4.78, 5) is 25.7. The molecule has 0 aliphatic heterocycles. The molecule has 0 unspecified atom stereocenters. The number of hydrogen-bond donors (Lipinski definition) is 2. The van der Waals surface area contributed by atoms with E-state index in [2.05, 4.69) is 12.2 Å². The largest absolute Gasteiger partial charge is 0.480 e. The summed E-state index contributed by atoms with van der Waals surface area (Å²) >= 11 is 0. The number of carboxylic acid groups (broad SMARTS) is 1. The van der Waals surface area contributed by atoms with Crippen LogP contribution in [0.4, 0.5) is 4.79 Å². The maximum absolute atomic E-state index is 12.4. The molecule has 2 N–H and O–H groups in total. The zero-order valence-corrected chi connectivity index (χ0v) is 13.5. The first-order valence-electron chi connectivity index (χ1n) is 7.63. The van der Waals surface area contributed by atoms with Crippen LogP contribution in [0.5, 0.6) is 0 Å². The smallest absolute Gasteiger partial charge is 0.329 e. The number of hydrogen-bond acceptors (Lipinski definition) is 3. The highest BCUT2D eigenvalue weighted by atomic mass is 16.5. The first-order chi connectivity index (χ1) is 9.82. The number of methoxy groups -OCH3 is 1. The third-order valence-corrected chi connectivity index (χ3v) is 4.30. The van der Waals surface area contributed by atoms with E-state index >= 15 is 0 Å². The van der Waals surface area contributed by atoms with Gasteiger partial charge in [0.1, 0.15) is 5.54 Å². The normalized spacial score (nSPS) is 25.7. The van der Waals surface area contributed by atoms with Crippen molar-refractivity contribution >= 4 is 12.0 Å². The van der Waals surface area contributed by atoms with Crippen molar-refractivity contribution in [2.24, 2.45) is 5.92 Å². The molecular formula is C15H28N2O4. The molecule has 2 amide bonds. The fourth-order valence-corrected chi connectivity index (χ4v) is 2.71. The maximum atomic E-state index is 12.4. The topological polar surface area (TPSA) is 78.9 Å². The second-order valence-electron chi connectivity index (χ2n) is 6.28. The lowest BCUT2D eigenvalue weighted by Gasteiger charge is -2.38. The summed E-state index contributed by atoms with van der Waals surface area (Å²) in [5, 5.41) is 12.3. The minimum absolute atomic E-state index is 0.00601. The molecule has 1 rings (SSSR count). The van der Waals surface area contributed by atoms with Gasteiger partial charge in [-0.1, -0.05) is 6.92 Å². The zero-order chi connectivity index (χ0) is 16.0. The molecule has 1 aliphatic carbocycles. The van der Waals surface area contributed by atoms with Gasteiger partial charge in [0.25, 0.3) is 0 Å². The average molecular weight is 300 g/mol. The van der Waals surface area contributed by atoms with Gasteiger partial charge in [-0.3, -0.25) is 0 Å². The molecule has 21 heavy (non-hydrogen) atoms. The van der Waals surface area contributed by atoms with Crippen LogP contribution in [-0.2, 0) is 9.53 Å². The van der Waals surface area contributed by atoms with E-state index < -0.39 is 11.5 Å². The molecule has 0 atom stereocenters. The Morgan fingerprint density at radius 1 is 1.38 bits per heavy atom. The third kappa shape index (κ3) is 4.59. The lowest BCUT2D eigenvalue weighted by molar-refractivity contribution is -0.146. The van der Waals surface area contributed by atoms with Crippen LogP contribution in [-0.4, -0.2) is 53.8 Å². The van der Waals surface area contributed by atoms with Gasteiger partial charge in [0.05, 0.1) is 6.61 Å². The molecule has 0 saturated heterocycles. The maximum Gasteiger partial charge on any atom is 0.329 e. The molecule has 1 fully saturated rings.